The van der Waals surface area contributed by atoms with Gasteiger partial charge in [0.25, 0.3) is 0 Å². The van der Waals surface area contributed by atoms with Crippen LogP contribution in [0.2, 0.25) is 5.15 Å². The fraction of sp³-hybridized carbons (Fsp3) is 0. The topological polar surface area (TPSA) is 25.8 Å². The first-order valence-corrected chi connectivity index (χ1v) is 10.9. The van der Waals surface area contributed by atoms with E-state index in [4.69, 9.17) is 16.6 Å². The van der Waals surface area contributed by atoms with Crippen LogP contribution < -0.4 is 0 Å². The molecule has 6 aromatic rings. The molecule has 0 saturated heterocycles. The molecule has 142 valence electrons. The third kappa shape index (κ3) is 2.78. The van der Waals surface area contributed by atoms with E-state index in [1.807, 2.05) is 18.2 Å². The summed E-state index contributed by atoms with van der Waals surface area (Å²) < 4.78 is 1.18. The minimum atomic E-state index is 0.504. The van der Waals surface area contributed by atoms with Crippen LogP contribution in [-0.2, 0) is 0 Å². The summed E-state index contributed by atoms with van der Waals surface area (Å²) in [7, 11) is 0. The van der Waals surface area contributed by atoms with Gasteiger partial charge in [-0.05, 0) is 28.0 Å². The smallest absolute Gasteiger partial charge is 0.162 e. The van der Waals surface area contributed by atoms with Gasteiger partial charge in [0.15, 0.2) is 5.82 Å². The fourth-order valence-corrected chi connectivity index (χ4v) is 5.38. The molecule has 0 aliphatic heterocycles. The molecule has 4 aromatic carbocycles. The largest absolute Gasteiger partial charge is 0.217 e. The van der Waals surface area contributed by atoms with Crippen LogP contribution in [0.4, 0.5) is 0 Å². The number of nitrogens with zero attached hydrogens (tertiary/aromatic N) is 2. The van der Waals surface area contributed by atoms with Gasteiger partial charge in [-0.25, -0.2) is 9.97 Å². The number of fused-ring (bicyclic) bond motifs is 5. The fourth-order valence-electron chi connectivity index (χ4n) is 3.97. The van der Waals surface area contributed by atoms with Gasteiger partial charge in [0.05, 0.1) is 5.39 Å². The predicted molar refractivity (Wildman–Crippen MR) is 128 cm³/mol. The van der Waals surface area contributed by atoms with Gasteiger partial charge in [0, 0.05) is 15.6 Å². The third-order valence-electron chi connectivity index (χ3n) is 5.43. The Labute approximate surface area is 182 Å². The van der Waals surface area contributed by atoms with Gasteiger partial charge >= 0.3 is 0 Å². The molecule has 2 aromatic heterocycles. The molecular weight excluding hydrogens is 408 g/mol. The maximum absolute atomic E-state index is 6.72. The second-order valence-corrected chi connectivity index (χ2v) is 8.61. The molecule has 0 bridgehead atoms. The van der Waals surface area contributed by atoms with Crippen molar-refractivity contribution in [1.82, 2.24) is 9.97 Å². The zero-order valence-electron chi connectivity index (χ0n) is 15.8. The van der Waals surface area contributed by atoms with E-state index < -0.39 is 0 Å². The Hall–Kier alpha value is -3.27. The Kier molecular flexibility index (Phi) is 4.05. The quantitative estimate of drug-likeness (QED) is 0.264. The second-order valence-electron chi connectivity index (χ2n) is 7.22. The van der Waals surface area contributed by atoms with Crippen molar-refractivity contribution in [3.8, 4) is 22.5 Å². The molecule has 4 heteroatoms. The Bertz CT molecular complexity index is 1540. The number of halogens is 1. The standard InChI is InChI=1S/C26H15ClN2S/c27-24-23-22-20-9-5-4-8-18(20)14-15-21(22)30-26(23)29-25(28-24)19-12-10-17(11-13-19)16-6-2-1-3-7-16/h1-15H. The molecule has 0 fully saturated rings. The average molecular weight is 423 g/mol. The highest BCUT2D eigenvalue weighted by Gasteiger charge is 2.16. The van der Waals surface area contributed by atoms with Crippen molar-refractivity contribution in [2.45, 2.75) is 0 Å². The van der Waals surface area contributed by atoms with Crippen molar-refractivity contribution in [3.63, 3.8) is 0 Å². The minimum Gasteiger partial charge on any atom is -0.217 e. The number of hydrogen-bond donors (Lipinski definition) is 0. The molecule has 0 amide bonds. The van der Waals surface area contributed by atoms with Crippen molar-refractivity contribution in [3.05, 3.63) is 96.1 Å². The van der Waals surface area contributed by atoms with Crippen molar-refractivity contribution < 1.29 is 0 Å². The lowest BCUT2D eigenvalue weighted by Gasteiger charge is -2.05. The molecule has 0 atom stereocenters. The lowest BCUT2D eigenvalue weighted by Crippen LogP contribution is -1.90. The minimum absolute atomic E-state index is 0.504. The van der Waals surface area contributed by atoms with Crippen LogP contribution in [0.1, 0.15) is 0 Å². The molecule has 2 nitrogen and oxygen atoms in total. The van der Waals surface area contributed by atoms with Crippen LogP contribution in [-0.4, -0.2) is 9.97 Å². The maximum Gasteiger partial charge on any atom is 0.162 e. The molecule has 6 rings (SSSR count). The molecule has 30 heavy (non-hydrogen) atoms. The summed E-state index contributed by atoms with van der Waals surface area (Å²) in [6.07, 6.45) is 0. The van der Waals surface area contributed by atoms with Crippen molar-refractivity contribution >= 4 is 54.0 Å². The van der Waals surface area contributed by atoms with E-state index in [1.54, 1.807) is 11.3 Å². The normalized spacial score (nSPS) is 11.5. The van der Waals surface area contributed by atoms with Crippen LogP contribution >= 0.6 is 22.9 Å². The molecule has 0 N–H and O–H groups in total. The Balaban J connectivity index is 1.51. The molecule has 0 unspecified atom stereocenters. The first kappa shape index (κ1) is 17.6. The van der Waals surface area contributed by atoms with Gasteiger partial charge in [-0.3, -0.25) is 0 Å². The highest BCUT2D eigenvalue weighted by molar-refractivity contribution is 7.25. The molecule has 0 aliphatic carbocycles. The summed E-state index contributed by atoms with van der Waals surface area (Å²) in [5, 5.41) is 4.97. The maximum atomic E-state index is 6.72. The lowest BCUT2D eigenvalue weighted by atomic mass is 10.0. The Morgan fingerprint density at radius 2 is 1.30 bits per heavy atom. The van der Waals surface area contributed by atoms with E-state index in [0.717, 1.165) is 21.2 Å². The van der Waals surface area contributed by atoms with E-state index in [9.17, 15) is 0 Å². The summed E-state index contributed by atoms with van der Waals surface area (Å²) in [4.78, 5) is 10.5. The summed E-state index contributed by atoms with van der Waals surface area (Å²) in [6, 6.07) is 31.3. The summed E-state index contributed by atoms with van der Waals surface area (Å²) in [5.74, 6) is 0.656. The van der Waals surface area contributed by atoms with Gasteiger partial charge in [-0.2, -0.15) is 0 Å². The van der Waals surface area contributed by atoms with Gasteiger partial charge in [-0.1, -0.05) is 96.5 Å². The number of hydrogen-bond acceptors (Lipinski definition) is 3. The van der Waals surface area contributed by atoms with E-state index in [0.29, 0.717) is 11.0 Å². The molecule has 0 radical (unpaired) electrons. The number of benzene rings is 4. The lowest BCUT2D eigenvalue weighted by molar-refractivity contribution is 1.24. The van der Waals surface area contributed by atoms with Gasteiger partial charge < -0.3 is 0 Å². The summed E-state index contributed by atoms with van der Waals surface area (Å²) in [6.45, 7) is 0. The number of aromatic nitrogens is 2. The number of rotatable bonds is 2. The highest BCUT2D eigenvalue weighted by Crippen LogP contribution is 2.41. The highest BCUT2D eigenvalue weighted by atomic mass is 35.5. The van der Waals surface area contributed by atoms with Crippen LogP contribution in [0.3, 0.4) is 0 Å². The van der Waals surface area contributed by atoms with E-state index in [-0.39, 0.29) is 0 Å². The molecule has 0 spiro atoms. The molecule has 0 aliphatic rings. The van der Waals surface area contributed by atoms with Crippen molar-refractivity contribution in [2.75, 3.05) is 0 Å². The van der Waals surface area contributed by atoms with E-state index in [1.165, 1.54) is 26.6 Å². The molecule has 0 saturated carbocycles. The van der Waals surface area contributed by atoms with E-state index >= 15 is 0 Å². The summed E-state index contributed by atoms with van der Waals surface area (Å²) >= 11 is 8.38. The van der Waals surface area contributed by atoms with Crippen molar-refractivity contribution in [2.24, 2.45) is 0 Å². The van der Waals surface area contributed by atoms with Gasteiger partial charge in [0.1, 0.15) is 9.98 Å². The van der Waals surface area contributed by atoms with Crippen LogP contribution in [0, 0.1) is 0 Å². The van der Waals surface area contributed by atoms with Crippen molar-refractivity contribution in [1.29, 1.82) is 0 Å². The second kappa shape index (κ2) is 6.91. The Morgan fingerprint density at radius 3 is 2.13 bits per heavy atom. The van der Waals surface area contributed by atoms with Crippen LogP contribution in [0.15, 0.2) is 91.0 Å². The van der Waals surface area contributed by atoms with Gasteiger partial charge in [-0.15, -0.1) is 11.3 Å². The third-order valence-corrected chi connectivity index (χ3v) is 6.75. The monoisotopic (exact) mass is 422 g/mol. The molecule has 2 heterocycles. The van der Waals surface area contributed by atoms with Crippen LogP contribution in [0.25, 0.3) is 53.6 Å². The Morgan fingerprint density at radius 1 is 0.600 bits per heavy atom. The summed E-state index contributed by atoms with van der Waals surface area (Å²) in [5.41, 5.74) is 3.32. The zero-order chi connectivity index (χ0) is 20.1. The average Bonchev–Trinajstić information content (AvgIpc) is 3.19. The first-order valence-electron chi connectivity index (χ1n) is 9.71. The zero-order valence-corrected chi connectivity index (χ0v) is 17.4. The van der Waals surface area contributed by atoms with Crippen LogP contribution in [0.5, 0.6) is 0 Å². The van der Waals surface area contributed by atoms with E-state index in [2.05, 4.69) is 77.8 Å². The SMILES string of the molecule is Clc1nc(-c2ccc(-c3ccccc3)cc2)nc2sc3ccc4ccccc4c3c12. The van der Waals surface area contributed by atoms with Gasteiger partial charge in [0.2, 0.25) is 0 Å². The first-order chi connectivity index (χ1) is 14.8. The molecular formula is C26H15ClN2S. The number of thiophene rings is 1. The predicted octanol–water partition coefficient (Wildman–Crippen LogP) is 7.99.